The third-order valence-electron chi connectivity index (χ3n) is 9.58. The van der Waals surface area contributed by atoms with Crippen molar-refractivity contribution in [1.82, 2.24) is 14.7 Å². The lowest BCUT2D eigenvalue weighted by Gasteiger charge is -2.45. The summed E-state index contributed by atoms with van der Waals surface area (Å²) in [7, 11) is 0. The van der Waals surface area contributed by atoms with E-state index in [9.17, 15) is 4.79 Å². The third kappa shape index (κ3) is 4.83. The zero-order valence-electron chi connectivity index (χ0n) is 21.6. The molecule has 4 fully saturated rings. The van der Waals surface area contributed by atoms with E-state index in [-0.39, 0.29) is 5.91 Å². The van der Waals surface area contributed by atoms with Crippen LogP contribution in [0, 0.1) is 11.8 Å². The Bertz CT molecular complexity index is 917. The first kappa shape index (κ1) is 23.3. The van der Waals surface area contributed by atoms with Crippen LogP contribution in [0.5, 0.6) is 0 Å². The number of piperidine rings is 1. The number of para-hydroxylation sites is 2. The largest absolute Gasteiger partial charge is 0.359 e. The Morgan fingerprint density at radius 2 is 1.49 bits per heavy atom. The number of carbonyl (C=O) groups is 1. The van der Waals surface area contributed by atoms with E-state index in [0.717, 1.165) is 44.5 Å². The molecule has 2 unspecified atom stereocenters. The first-order valence-corrected chi connectivity index (χ1v) is 14.3. The molecule has 35 heavy (non-hydrogen) atoms. The molecule has 1 saturated carbocycles. The molecule has 190 valence electrons. The van der Waals surface area contributed by atoms with Crippen molar-refractivity contribution < 1.29 is 4.79 Å². The topological polar surface area (TPSA) is 42.4 Å². The number of benzene rings is 1. The van der Waals surface area contributed by atoms with Gasteiger partial charge in [0.25, 0.3) is 0 Å². The summed E-state index contributed by atoms with van der Waals surface area (Å²) >= 11 is 0. The number of hydrogen-bond donors (Lipinski definition) is 0. The van der Waals surface area contributed by atoms with Crippen molar-refractivity contribution in [2.45, 2.75) is 76.8 Å². The molecule has 0 bridgehead atoms. The summed E-state index contributed by atoms with van der Waals surface area (Å²) in [6, 6.07) is 10.2. The van der Waals surface area contributed by atoms with Gasteiger partial charge in [-0.2, -0.15) is 0 Å². The lowest BCUT2D eigenvalue weighted by atomic mass is 9.93. The molecule has 6 rings (SSSR count). The molecule has 0 N–H and O–H groups in total. The minimum atomic E-state index is 0.229. The van der Waals surface area contributed by atoms with Gasteiger partial charge in [0.1, 0.15) is 5.84 Å². The van der Waals surface area contributed by atoms with Crippen LogP contribution in [0.3, 0.4) is 0 Å². The molecule has 0 radical (unpaired) electrons. The number of likely N-dealkylation sites (tertiary alicyclic amines) is 3. The van der Waals surface area contributed by atoms with Gasteiger partial charge in [-0.1, -0.05) is 44.2 Å². The van der Waals surface area contributed by atoms with Crippen LogP contribution in [-0.4, -0.2) is 84.3 Å². The number of carbonyl (C=O) groups excluding carboxylic acids is 1. The average Bonchev–Trinajstić information content (AvgIpc) is 3.43. The Kier molecular flexibility index (Phi) is 6.74. The van der Waals surface area contributed by atoms with Gasteiger partial charge in [0.05, 0.1) is 17.9 Å². The number of rotatable bonds is 2. The number of nitrogens with zero attached hydrogens (tertiary/aromatic N) is 5. The molecule has 1 amide bonds. The zero-order chi connectivity index (χ0) is 23.8. The van der Waals surface area contributed by atoms with E-state index in [1.165, 1.54) is 82.4 Å². The number of amides is 1. The fourth-order valence-electron chi connectivity index (χ4n) is 7.53. The van der Waals surface area contributed by atoms with Crippen molar-refractivity contribution >= 4 is 23.1 Å². The summed E-state index contributed by atoms with van der Waals surface area (Å²) in [6.45, 7) is 9.06. The highest BCUT2D eigenvalue weighted by Gasteiger charge is 2.43. The van der Waals surface area contributed by atoms with Crippen molar-refractivity contribution in [3.05, 3.63) is 24.3 Å². The van der Waals surface area contributed by atoms with Gasteiger partial charge in [0.2, 0.25) is 5.91 Å². The first-order chi connectivity index (χ1) is 17.2. The van der Waals surface area contributed by atoms with Crippen molar-refractivity contribution in [3.8, 4) is 0 Å². The number of hydrogen-bond acceptors (Lipinski definition) is 5. The maximum Gasteiger partial charge on any atom is 0.219 e. The van der Waals surface area contributed by atoms with Gasteiger partial charge in [-0.25, -0.2) is 4.99 Å². The molecule has 1 aliphatic carbocycles. The molecule has 6 heteroatoms. The lowest BCUT2D eigenvalue weighted by Crippen LogP contribution is -2.52. The minimum absolute atomic E-state index is 0.229. The Morgan fingerprint density at radius 3 is 2.17 bits per heavy atom. The third-order valence-corrected chi connectivity index (χ3v) is 9.58. The van der Waals surface area contributed by atoms with E-state index in [1.807, 2.05) is 4.90 Å². The number of amidine groups is 1. The van der Waals surface area contributed by atoms with E-state index in [4.69, 9.17) is 4.99 Å². The van der Waals surface area contributed by atoms with Crippen molar-refractivity contribution in [3.63, 3.8) is 0 Å². The normalized spacial score (nSPS) is 28.9. The molecular weight excluding hydrogens is 434 g/mol. The Balaban J connectivity index is 1.12. The molecule has 6 nitrogen and oxygen atoms in total. The highest BCUT2D eigenvalue weighted by Crippen LogP contribution is 2.38. The summed E-state index contributed by atoms with van der Waals surface area (Å²) in [6.07, 6.45) is 12.5. The Morgan fingerprint density at radius 1 is 0.829 bits per heavy atom. The summed E-state index contributed by atoms with van der Waals surface area (Å²) < 4.78 is 0. The van der Waals surface area contributed by atoms with E-state index >= 15 is 0 Å². The summed E-state index contributed by atoms with van der Waals surface area (Å²) in [4.78, 5) is 27.1. The van der Waals surface area contributed by atoms with E-state index in [2.05, 4.69) is 39.0 Å². The lowest BCUT2D eigenvalue weighted by molar-refractivity contribution is -0.128. The standard InChI is InChI=1S/C29H43N5O/c1-22(35)32-17-23-19-33(20-24(23)18-32)29-21-34(28-12-8-7-11-27(28)30-29)26-13-15-31(16-14-26)25-9-5-3-2-4-6-10-25/h7-8,11-12,23-26H,2-6,9-10,13-21H2,1H3. The molecule has 2 atom stereocenters. The minimum Gasteiger partial charge on any atom is -0.359 e. The first-order valence-electron chi connectivity index (χ1n) is 14.3. The maximum absolute atomic E-state index is 11.9. The van der Waals surface area contributed by atoms with Crippen LogP contribution in [0.25, 0.3) is 0 Å². The molecule has 0 spiro atoms. The van der Waals surface area contributed by atoms with Crippen LogP contribution in [0.4, 0.5) is 11.4 Å². The highest BCUT2D eigenvalue weighted by molar-refractivity contribution is 5.95. The smallest absolute Gasteiger partial charge is 0.219 e. The highest BCUT2D eigenvalue weighted by atomic mass is 16.2. The maximum atomic E-state index is 11.9. The van der Waals surface area contributed by atoms with Gasteiger partial charge in [0.15, 0.2) is 0 Å². The monoisotopic (exact) mass is 477 g/mol. The van der Waals surface area contributed by atoms with Crippen molar-refractivity contribution in [2.75, 3.05) is 50.7 Å². The Labute approximate surface area is 211 Å². The van der Waals surface area contributed by atoms with Crippen LogP contribution < -0.4 is 4.90 Å². The summed E-state index contributed by atoms with van der Waals surface area (Å²) in [5.41, 5.74) is 2.46. The molecule has 1 aromatic carbocycles. The summed E-state index contributed by atoms with van der Waals surface area (Å²) in [5, 5.41) is 0. The second kappa shape index (κ2) is 10.1. The second-order valence-electron chi connectivity index (χ2n) is 11.8. The molecule has 4 aliphatic heterocycles. The van der Waals surface area contributed by atoms with Gasteiger partial charge in [-0.15, -0.1) is 0 Å². The second-order valence-corrected chi connectivity index (χ2v) is 11.8. The van der Waals surface area contributed by atoms with Gasteiger partial charge in [-0.3, -0.25) is 4.79 Å². The van der Waals surface area contributed by atoms with Crippen LogP contribution in [0.15, 0.2) is 29.3 Å². The zero-order valence-corrected chi connectivity index (χ0v) is 21.6. The fraction of sp³-hybridized carbons (Fsp3) is 0.724. The van der Waals surface area contributed by atoms with Gasteiger partial charge in [-0.05, 0) is 37.8 Å². The SMILES string of the molecule is CC(=O)N1CC2CN(C3=Nc4ccccc4N(C4CCN(C5CCCCCCC5)CC4)C3)CC2C1. The average molecular weight is 478 g/mol. The molecule has 4 heterocycles. The van der Waals surface area contributed by atoms with Crippen LogP contribution in [0.2, 0.25) is 0 Å². The summed E-state index contributed by atoms with van der Waals surface area (Å²) in [5.74, 6) is 2.67. The predicted octanol–water partition coefficient (Wildman–Crippen LogP) is 4.52. The molecule has 5 aliphatic rings. The van der Waals surface area contributed by atoms with Crippen molar-refractivity contribution in [1.29, 1.82) is 0 Å². The fourth-order valence-corrected chi connectivity index (χ4v) is 7.53. The number of aliphatic imine (C=N–C) groups is 1. The number of fused-ring (bicyclic) bond motifs is 2. The molecule has 3 saturated heterocycles. The van der Waals surface area contributed by atoms with Gasteiger partial charge in [0, 0.05) is 70.1 Å². The molecular formula is C29H43N5O. The van der Waals surface area contributed by atoms with E-state index < -0.39 is 0 Å². The van der Waals surface area contributed by atoms with Crippen LogP contribution >= 0.6 is 0 Å². The van der Waals surface area contributed by atoms with Crippen LogP contribution in [0.1, 0.15) is 64.7 Å². The Hall–Kier alpha value is -2.08. The van der Waals surface area contributed by atoms with Gasteiger partial charge >= 0.3 is 0 Å². The quantitative estimate of drug-likeness (QED) is 0.628. The number of anilines is 1. The van der Waals surface area contributed by atoms with Crippen molar-refractivity contribution in [2.24, 2.45) is 16.8 Å². The van der Waals surface area contributed by atoms with Gasteiger partial charge < -0.3 is 19.6 Å². The van der Waals surface area contributed by atoms with E-state index in [1.54, 1.807) is 6.92 Å². The predicted molar refractivity (Wildman–Crippen MR) is 142 cm³/mol. The molecule has 1 aromatic rings. The molecule has 0 aromatic heterocycles. The van der Waals surface area contributed by atoms with E-state index in [0.29, 0.717) is 17.9 Å². The van der Waals surface area contributed by atoms with Crippen LogP contribution in [-0.2, 0) is 4.79 Å².